The monoisotopic (exact) mass is 305 g/mol. The van der Waals surface area contributed by atoms with Crippen LogP contribution in [-0.4, -0.2) is 4.98 Å². The number of pyridine rings is 1. The van der Waals surface area contributed by atoms with Gasteiger partial charge in [-0.3, -0.25) is 0 Å². The van der Waals surface area contributed by atoms with Crippen LogP contribution < -0.4 is 29.6 Å². The van der Waals surface area contributed by atoms with Gasteiger partial charge in [-0.2, -0.15) is 0 Å². The van der Waals surface area contributed by atoms with Gasteiger partial charge in [0.15, 0.2) is 0 Å². The second kappa shape index (κ2) is 14.4. The molecule has 0 radical (unpaired) electrons. The normalized spacial score (nSPS) is 10.3. The molecule has 0 aliphatic rings. The van der Waals surface area contributed by atoms with E-state index in [9.17, 15) is 0 Å². The van der Waals surface area contributed by atoms with Crippen molar-refractivity contribution in [2.45, 2.75) is 77.6 Å². The summed E-state index contributed by atoms with van der Waals surface area (Å²) in [6.07, 6.45) is 16.6. The summed E-state index contributed by atoms with van der Waals surface area (Å²) in [5.41, 5.74) is 1.20. The predicted octanol–water partition coefficient (Wildman–Crippen LogP) is 3.31. The van der Waals surface area contributed by atoms with Crippen molar-refractivity contribution in [1.82, 2.24) is 4.98 Å². The van der Waals surface area contributed by atoms with Gasteiger partial charge in [0.05, 0.1) is 0 Å². The number of hydrogen-bond donors (Lipinski definition) is 0. The molecule has 0 bridgehead atoms. The standard InChI is InChI=1S/C17H28ClN.Na.H/c1-2-3-4-5-6-7-8-9-10-11-13-16-14-12-15-19-17(16)18;;/h12,14-15H,2-11,13H2,1H3;;/q;+1;-1. The number of unbranched alkanes of at least 4 members (excludes halogenated alkanes) is 9. The smallest absolute Gasteiger partial charge is 1.00 e. The fourth-order valence-electron chi connectivity index (χ4n) is 2.41. The molecule has 0 atom stereocenters. The zero-order chi connectivity index (χ0) is 13.8. The third-order valence-corrected chi connectivity index (χ3v) is 3.98. The van der Waals surface area contributed by atoms with Crippen molar-refractivity contribution in [3.63, 3.8) is 0 Å². The van der Waals surface area contributed by atoms with Gasteiger partial charge in [0.25, 0.3) is 0 Å². The predicted molar refractivity (Wildman–Crippen MR) is 85.9 cm³/mol. The van der Waals surface area contributed by atoms with E-state index in [1.54, 1.807) is 6.20 Å². The summed E-state index contributed by atoms with van der Waals surface area (Å²) in [5.74, 6) is 0. The Bertz CT molecular complexity index is 336. The molecule has 0 aromatic carbocycles. The fraction of sp³-hybridized carbons (Fsp3) is 0.706. The van der Waals surface area contributed by atoms with Gasteiger partial charge in [0.2, 0.25) is 0 Å². The Labute approximate surface area is 153 Å². The van der Waals surface area contributed by atoms with Crippen molar-refractivity contribution in [1.29, 1.82) is 0 Å². The molecule has 0 saturated carbocycles. The summed E-state index contributed by atoms with van der Waals surface area (Å²) in [6.45, 7) is 2.27. The van der Waals surface area contributed by atoms with Crippen LogP contribution in [0.1, 0.15) is 78.1 Å². The van der Waals surface area contributed by atoms with E-state index in [1.807, 2.05) is 6.07 Å². The number of nitrogens with zero attached hydrogens (tertiary/aromatic N) is 1. The molecule has 3 heteroatoms. The number of aromatic nitrogens is 1. The number of aryl methyl sites for hydroxylation is 1. The van der Waals surface area contributed by atoms with E-state index in [0.717, 1.165) is 6.42 Å². The molecule has 0 saturated heterocycles. The average molecular weight is 306 g/mol. The molecule has 1 aromatic heterocycles. The molecule has 0 N–H and O–H groups in total. The summed E-state index contributed by atoms with van der Waals surface area (Å²) in [6, 6.07) is 4.06. The minimum Gasteiger partial charge on any atom is -1.00 e. The van der Waals surface area contributed by atoms with Crippen molar-refractivity contribution in [3.05, 3.63) is 29.0 Å². The van der Waals surface area contributed by atoms with Crippen LogP contribution >= 0.6 is 11.6 Å². The fourth-order valence-corrected chi connectivity index (χ4v) is 2.62. The Morgan fingerprint density at radius 3 is 2.05 bits per heavy atom. The van der Waals surface area contributed by atoms with E-state index in [4.69, 9.17) is 11.6 Å². The zero-order valence-electron chi connectivity index (χ0n) is 14.3. The zero-order valence-corrected chi connectivity index (χ0v) is 16.1. The first-order valence-corrected chi connectivity index (χ1v) is 8.31. The molecule has 1 rings (SSSR count). The van der Waals surface area contributed by atoms with Crippen LogP contribution in [0.3, 0.4) is 0 Å². The minimum absolute atomic E-state index is 0. The van der Waals surface area contributed by atoms with Crippen molar-refractivity contribution >= 4 is 11.6 Å². The Kier molecular flexibility index (Phi) is 14.7. The van der Waals surface area contributed by atoms with Crippen molar-refractivity contribution < 1.29 is 31.0 Å². The van der Waals surface area contributed by atoms with Gasteiger partial charge in [0, 0.05) is 6.20 Å². The number of rotatable bonds is 11. The molecule has 0 spiro atoms. The maximum absolute atomic E-state index is 6.04. The third kappa shape index (κ3) is 10.2. The Morgan fingerprint density at radius 2 is 1.50 bits per heavy atom. The molecule has 0 aliphatic heterocycles. The SMILES string of the molecule is CCCCCCCCCCCCc1cccnc1Cl.[H-].[Na+]. The average Bonchev–Trinajstić information content (AvgIpc) is 2.43. The van der Waals surface area contributed by atoms with Gasteiger partial charge in [-0.1, -0.05) is 82.4 Å². The second-order valence-corrected chi connectivity index (χ2v) is 5.74. The minimum atomic E-state index is 0. The van der Waals surface area contributed by atoms with Crippen molar-refractivity contribution in [3.8, 4) is 0 Å². The van der Waals surface area contributed by atoms with E-state index in [2.05, 4.69) is 18.0 Å². The first-order chi connectivity index (χ1) is 9.34. The molecule has 0 amide bonds. The molecule has 20 heavy (non-hydrogen) atoms. The van der Waals surface area contributed by atoms with Gasteiger partial charge in [-0.05, 0) is 24.5 Å². The molecular weight excluding hydrogens is 277 g/mol. The molecule has 1 aromatic rings. The Morgan fingerprint density at radius 1 is 0.950 bits per heavy atom. The van der Waals surface area contributed by atoms with Crippen LogP contribution in [0.5, 0.6) is 0 Å². The van der Waals surface area contributed by atoms with E-state index >= 15 is 0 Å². The number of halogens is 1. The maximum Gasteiger partial charge on any atom is 1.00 e. The Hall–Kier alpha value is 0.440. The second-order valence-electron chi connectivity index (χ2n) is 5.39. The number of hydrogen-bond acceptors (Lipinski definition) is 1. The van der Waals surface area contributed by atoms with E-state index in [-0.39, 0.29) is 31.0 Å². The van der Waals surface area contributed by atoms with Crippen LogP contribution in [0.4, 0.5) is 0 Å². The van der Waals surface area contributed by atoms with Crippen LogP contribution in [0, 0.1) is 0 Å². The molecule has 0 unspecified atom stereocenters. The largest absolute Gasteiger partial charge is 1.00 e. The van der Waals surface area contributed by atoms with Crippen LogP contribution in [0.2, 0.25) is 5.15 Å². The first-order valence-electron chi connectivity index (χ1n) is 7.94. The van der Waals surface area contributed by atoms with Crippen LogP contribution in [0.25, 0.3) is 0 Å². The van der Waals surface area contributed by atoms with Gasteiger partial charge in [-0.15, -0.1) is 0 Å². The summed E-state index contributed by atoms with van der Waals surface area (Å²) < 4.78 is 0. The molecule has 1 nitrogen and oxygen atoms in total. The molecule has 0 fully saturated rings. The van der Waals surface area contributed by atoms with E-state index in [0.29, 0.717) is 5.15 Å². The van der Waals surface area contributed by atoms with Crippen molar-refractivity contribution in [2.75, 3.05) is 0 Å². The third-order valence-electron chi connectivity index (χ3n) is 3.64. The van der Waals surface area contributed by atoms with E-state index in [1.165, 1.54) is 69.8 Å². The molecule has 110 valence electrons. The first kappa shape index (κ1) is 20.4. The summed E-state index contributed by atoms with van der Waals surface area (Å²) in [5, 5.41) is 0.679. The van der Waals surface area contributed by atoms with E-state index < -0.39 is 0 Å². The van der Waals surface area contributed by atoms with Crippen molar-refractivity contribution in [2.24, 2.45) is 0 Å². The van der Waals surface area contributed by atoms with Gasteiger partial charge < -0.3 is 1.43 Å². The van der Waals surface area contributed by atoms with Gasteiger partial charge in [-0.25, -0.2) is 4.98 Å². The molecule has 1 heterocycles. The molecule has 0 aliphatic carbocycles. The van der Waals surface area contributed by atoms with Crippen LogP contribution in [0.15, 0.2) is 18.3 Å². The Balaban J connectivity index is 0. The quantitative estimate of drug-likeness (QED) is 0.347. The maximum atomic E-state index is 6.04. The summed E-state index contributed by atoms with van der Waals surface area (Å²) >= 11 is 6.04. The van der Waals surface area contributed by atoms with Gasteiger partial charge >= 0.3 is 29.6 Å². The summed E-state index contributed by atoms with van der Waals surface area (Å²) in [7, 11) is 0. The van der Waals surface area contributed by atoms with Gasteiger partial charge in [0.1, 0.15) is 5.15 Å². The topological polar surface area (TPSA) is 12.9 Å². The molecular formula is C17H29ClNNa. The van der Waals surface area contributed by atoms with Crippen LogP contribution in [-0.2, 0) is 6.42 Å². The summed E-state index contributed by atoms with van der Waals surface area (Å²) in [4.78, 5) is 4.11.